The molecule has 0 unspecified atom stereocenters. The second-order valence-electron chi connectivity index (χ2n) is 3.89. The average Bonchev–Trinajstić information content (AvgIpc) is 2.80. The first kappa shape index (κ1) is 11.0. The standard InChI is InChI=1S/C13H16N2S/c1-15(8-6-11-7-9-16-10-11)13-4-2-12(14)3-5-13/h2-5,7,9-10H,6,8,14H2,1H3. The molecule has 0 aliphatic heterocycles. The van der Waals surface area contributed by atoms with E-state index in [4.69, 9.17) is 5.73 Å². The number of thiophene rings is 1. The molecule has 2 N–H and O–H groups in total. The van der Waals surface area contributed by atoms with Crippen molar-refractivity contribution in [2.45, 2.75) is 6.42 Å². The highest BCUT2D eigenvalue weighted by Crippen LogP contribution is 2.15. The number of nitrogens with zero attached hydrogens (tertiary/aromatic N) is 1. The summed E-state index contributed by atoms with van der Waals surface area (Å²) < 4.78 is 0. The molecule has 0 saturated heterocycles. The maximum absolute atomic E-state index is 5.66. The molecule has 1 aromatic heterocycles. The largest absolute Gasteiger partial charge is 0.399 e. The van der Waals surface area contributed by atoms with Crippen molar-refractivity contribution in [1.29, 1.82) is 0 Å². The molecule has 2 nitrogen and oxygen atoms in total. The van der Waals surface area contributed by atoms with Gasteiger partial charge in [0.15, 0.2) is 0 Å². The van der Waals surface area contributed by atoms with Gasteiger partial charge in [-0.1, -0.05) is 0 Å². The van der Waals surface area contributed by atoms with Crippen molar-refractivity contribution in [2.24, 2.45) is 0 Å². The Bertz CT molecular complexity index is 420. The topological polar surface area (TPSA) is 29.3 Å². The van der Waals surface area contributed by atoms with Crippen molar-refractivity contribution >= 4 is 22.7 Å². The molecule has 0 atom stereocenters. The van der Waals surface area contributed by atoms with Crippen molar-refractivity contribution in [1.82, 2.24) is 0 Å². The molecule has 0 aliphatic carbocycles. The Morgan fingerprint density at radius 3 is 2.56 bits per heavy atom. The smallest absolute Gasteiger partial charge is 0.0365 e. The second-order valence-corrected chi connectivity index (χ2v) is 4.67. The summed E-state index contributed by atoms with van der Waals surface area (Å²) in [5.74, 6) is 0. The lowest BCUT2D eigenvalue weighted by Gasteiger charge is -2.19. The summed E-state index contributed by atoms with van der Waals surface area (Å²) in [5, 5.41) is 4.33. The molecular formula is C13H16N2S. The monoisotopic (exact) mass is 232 g/mol. The Morgan fingerprint density at radius 2 is 1.94 bits per heavy atom. The van der Waals surface area contributed by atoms with Gasteiger partial charge in [-0.25, -0.2) is 0 Å². The summed E-state index contributed by atoms with van der Waals surface area (Å²) in [4.78, 5) is 2.25. The Balaban J connectivity index is 1.93. The van der Waals surface area contributed by atoms with E-state index in [1.54, 1.807) is 11.3 Å². The first-order chi connectivity index (χ1) is 7.75. The third kappa shape index (κ3) is 2.76. The first-order valence-electron chi connectivity index (χ1n) is 5.33. The fourth-order valence-corrected chi connectivity index (χ4v) is 2.29. The van der Waals surface area contributed by atoms with Crippen LogP contribution in [0.25, 0.3) is 0 Å². The molecule has 1 heterocycles. The molecule has 0 spiro atoms. The van der Waals surface area contributed by atoms with E-state index in [9.17, 15) is 0 Å². The molecule has 0 amide bonds. The van der Waals surface area contributed by atoms with Gasteiger partial charge >= 0.3 is 0 Å². The van der Waals surface area contributed by atoms with Crippen LogP contribution in [0.15, 0.2) is 41.1 Å². The number of nitrogen functional groups attached to an aromatic ring is 1. The average molecular weight is 232 g/mol. The van der Waals surface area contributed by atoms with E-state index in [2.05, 4.69) is 40.9 Å². The van der Waals surface area contributed by atoms with E-state index < -0.39 is 0 Å². The molecule has 0 aliphatic rings. The SMILES string of the molecule is CN(CCc1ccsc1)c1ccc(N)cc1. The fraction of sp³-hybridized carbons (Fsp3) is 0.231. The Morgan fingerprint density at radius 1 is 1.19 bits per heavy atom. The summed E-state index contributed by atoms with van der Waals surface area (Å²) in [7, 11) is 2.11. The Hall–Kier alpha value is -1.48. The summed E-state index contributed by atoms with van der Waals surface area (Å²) in [6.45, 7) is 1.03. The minimum Gasteiger partial charge on any atom is -0.399 e. The molecule has 2 aromatic rings. The molecule has 0 radical (unpaired) electrons. The van der Waals surface area contributed by atoms with Gasteiger partial charge in [-0.3, -0.25) is 0 Å². The quantitative estimate of drug-likeness (QED) is 0.821. The summed E-state index contributed by atoms with van der Waals surface area (Å²) in [6.07, 6.45) is 1.09. The molecule has 16 heavy (non-hydrogen) atoms. The van der Waals surface area contributed by atoms with Crippen LogP contribution in [0.3, 0.4) is 0 Å². The van der Waals surface area contributed by atoms with Gasteiger partial charge in [0.1, 0.15) is 0 Å². The van der Waals surface area contributed by atoms with E-state index >= 15 is 0 Å². The fourth-order valence-electron chi connectivity index (χ4n) is 1.59. The van der Waals surface area contributed by atoms with Crippen LogP contribution in [-0.2, 0) is 6.42 Å². The lowest BCUT2D eigenvalue weighted by atomic mass is 10.2. The number of hydrogen-bond acceptors (Lipinski definition) is 3. The van der Waals surface area contributed by atoms with Gasteiger partial charge in [-0.05, 0) is 53.1 Å². The molecule has 0 saturated carbocycles. The van der Waals surface area contributed by atoms with E-state index in [-0.39, 0.29) is 0 Å². The first-order valence-corrected chi connectivity index (χ1v) is 6.28. The molecule has 3 heteroatoms. The van der Waals surface area contributed by atoms with E-state index in [1.807, 2.05) is 12.1 Å². The van der Waals surface area contributed by atoms with Crippen LogP contribution in [-0.4, -0.2) is 13.6 Å². The van der Waals surface area contributed by atoms with Crippen molar-refractivity contribution in [2.75, 3.05) is 24.2 Å². The Labute approximate surface area is 100 Å². The van der Waals surface area contributed by atoms with E-state index in [0.717, 1.165) is 18.7 Å². The van der Waals surface area contributed by atoms with Gasteiger partial charge in [-0.15, -0.1) is 0 Å². The Kier molecular flexibility index (Phi) is 3.47. The zero-order valence-corrected chi connectivity index (χ0v) is 10.2. The summed E-state index contributed by atoms with van der Waals surface area (Å²) in [5.41, 5.74) is 9.10. The number of hydrogen-bond donors (Lipinski definition) is 1. The van der Waals surface area contributed by atoms with Crippen molar-refractivity contribution in [3.05, 3.63) is 46.7 Å². The number of benzene rings is 1. The zero-order valence-electron chi connectivity index (χ0n) is 9.39. The lowest BCUT2D eigenvalue weighted by molar-refractivity contribution is 0.880. The van der Waals surface area contributed by atoms with Crippen LogP contribution < -0.4 is 10.6 Å². The molecule has 2 rings (SSSR count). The molecule has 0 fully saturated rings. The van der Waals surface area contributed by atoms with Gasteiger partial charge in [0.25, 0.3) is 0 Å². The van der Waals surface area contributed by atoms with Gasteiger partial charge in [0.2, 0.25) is 0 Å². The molecule has 0 bridgehead atoms. The lowest BCUT2D eigenvalue weighted by Crippen LogP contribution is -2.19. The van der Waals surface area contributed by atoms with Crippen molar-refractivity contribution in [3.63, 3.8) is 0 Å². The van der Waals surface area contributed by atoms with Crippen LogP contribution in [0.5, 0.6) is 0 Å². The molecular weight excluding hydrogens is 216 g/mol. The maximum Gasteiger partial charge on any atom is 0.0365 e. The van der Waals surface area contributed by atoms with Crippen molar-refractivity contribution < 1.29 is 0 Å². The van der Waals surface area contributed by atoms with Crippen LogP contribution in [0.4, 0.5) is 11.4 Å². The van der Waals surface area contributed by atoms with Crippen LogP contribution in [0.2, 0.25) is 0 Å². The van der Waals surface area contributed by atoms with Gasteiger partial charge < -0.3 is 10.6 Å². The number of anilines is 2. The predicted octanol–water partition coefficient (Wildman–Crippen LogP) is 3.01. The van der Waals surface area contributed by atoms with Crippen LogP contribution in [0, 0.1) is 0 Å². The van der Waals surface area contributed by atoms with E-state index in [0.29, 0.717) is 0 Å². The van der Waals surface area contributed by atoms with Crippen LogP contribution >= 0.6 is 11.3 Å². The van der Waals surface area contributed by atoms with Gasteiger partial charge in [0.05, 0.1) is 0 Å². The highest BCUT2D eigenvalue weighted by molar-refractivity contribution is 7.07. The van der Waals surface area contributed by atoms with E-state index in [1.165, 1.54) is 11.3 Å². The highest BCUT2D eigenvalue weighted by atomic mass is 32.1. The number of rotatable bonds is 4. The number of likely N-dealkylation sites (N-methyl/N-ethyl adjacent to an activating group) is 1. The summed E-state index contributed by atoms with van der Waals surface area (Å²) >= 11 is 1.75. The van der Waals surface area contributed by atoms with Gasteiger partial charge in [0, 0.05) is 25.0 Å². The molecule has 84 valence electrons. The minimum atomic E-state index is 0.815. The predicted molar refractivity (Wildman–Crippen MR) is 72.1 cm³/mol. The highest BCUT2D eigenvalue weighted by Gasteiger charge is 2.01. The van der Waals surface area contributed by atoms with Crippen LogP contribution in [0.1, 0.15) is 5.56 Å². The second kappa shape index (κ2) is 5.03. The molecule has 1 aromatic carbocycles. The van der Waals surface area contributed by atoms with Crippen molar-refractivity contribution in [3.8, 4) is 0 Å². The zero-order chi connectivity index (χ0) is 11.4. The maximum atomic E-state index is 5.66. The van der Waals surface area contributed by atoms with Gasteiger partial charge in [-0.2, -0.15) is 11.3 Å². The summed E-state index contributed by atoms with van der Waals surface area (Å²) in [6, 6.07) is 10.2. The normalized spacial score (nSPS) is 10.3. The minimum absolute atomic E-state index is 0.815. The third-order valence-corrected chi connectivity index (χ3v) is 3.38. The number of nitrogens with two attached hydrogens (primary N) is 1. The third-order valence-electron chi connectivity index (χ3n) is 2.65.